The average molecular weight is 462 g/mol. The van der Waals surface area contributed by atoms with Gasteiger partial charge in [-0.15, -0.1) is 11.8 Å². The Bertz CT molecular complexity index is 1080. The maximum Gasteiger partial charge on any atom is 0.316 e. The Labute approximate surface area is 173 Å². The molecule has 2 aromatic heterocycles. The summed E-state index contributed by atoms with van der Waals surface area (Å²) in [4.78, 5) is 40.3. The van der Waals surface area contributed by atoms with Crippen LogP contribution in [0.15, 0.2) is 62.8 Å². The molecule has 3 aromatic rings. The van der Waals surface area contributed by atoms with Crippen LogP contribution in [-0.2, 0) is 20.9 Å². The maximum absolute atomic E-state index is 12.1. The van der Waals surface area contributed by atoms with Crippen LogP contribution in [0.5, 0.6) is 0 Å². The van der Waals surface area contributed by atoms with Gasteiger partial charge in [-0.1, -0.05) is 0 Å². The number of rotatable bonds is 6. The summed E-state index contributed by atoms with van der Waals surface area (Å²) < 4.78 is 7.40. The van der Waals surface area contributed by atoms with Gasteiger partial charge in [0.25, 0.3) is 5.56 Å². The Morgan fingerprint density at radius 2 is 1.96 bits per heavy atom. The molecule has 0 atom stereocenters. The van der Waals surface area contributed by atoms with Crippen LogP contribution >= 0.6 is 27.7 Å². The first-order valence-electron chi connectivity index (χ1n) is 8.24. The highest BCUT2D eigenvalue weighted by atomic mass is 79.9. The molecule has 28 heavy (non-hydrogen) atoms. The van der Waals surface area contributed by atoms with Crippen molar-refractivity contribution in [3.8, 4) is 0 Å². The summed E-state index contributed by atoms with van der Waals surface area (Å²) in [6.07, 6.45) is 1.63. The number of aromatic nitrogens is 2. The highest BCUT2D eigenvalue weighted by Gasteiger charge is 2.08. The summed E-state index contributed by atoms with van der Waals surface area (Å²) in [5, 5.41) is 2.68. The number of nitrogens with zero attached hydrogens (tertiary/aromatic N) is 2. The molecule has 0 saturated carbocycles. The van der Waals surface area contributed by atoms with Gasteiger partial charge >= 0.3 is 5.97 Å². The average Bonchev–Trinajstić information content (AvgIpc) is 2.66. The Balaban J connectivity index is 1.54. The molecule has 0 aliphatic carbocycles. The summed E-state index contributed by atoms with van der Waals surface area (Å²) in [6, 6.07) is 12.0. The molecule has 0 aliphatic heterocycles. The first-order valence-corrected chi connectivity index (χ1v) is 10.0. The number of carbonyl (C=O) groups is 2. The fourth-order valence-corrected chi connectivity index (χ4v) is 3.41. The van der Waals surface area contributed by atoms with E-state index >= 15 is 0 Å². The minimum absolute atomic E-state index is 0.0668. The van der Waals surface area contributed by atoms with Gasteiger partial charge in [0.2, 0.25) is 5.91 Å². The molecule has 144 valence electrons. The summed E-state index contributed by atoms with van der Waals surface area (Å²) in [5.74, 6) is -0.425. The van der Waals surface area contributed by atoms with E-state index in [9.17, 15) is 14.4 Å². The number of hydrogen-bond donors (Lipinski definition) is 1. The summed E-state index contributed by atoms with van der Waals surface area (Å²) >= 11 is 4.63. The van der Waals surface area contributed by atoms with E-state index in [-0.39, 0.29) is 23.8 Å². The van der Waals surface area contributed by atoms with Crippen LogP contribution in [0.4, 0.5) is 5.69 Å². The van der Waals surface area contributed by atoms with Gasteiger partial charge in [0.05, 0.1) is 11.4 Å². The lowest BCUT2D eigenvalue weighted by Crippen LogP contribution is -2.17. The number of hydrogen-bond acceptors (Lipinski definition) is 6. The van der Waals surface area contributed by atoms with Gasteiger partial charge in [-0.25, -0.2) is 4.98 Å². The van der Waals surface area contributed by atoms with Crippen LogP contribution in [0.25, 0.3) is 5.65 Å². The SMILES string of the molecule is CC(=O)Nc1ccc(SCC(=O)OCc2cc(=O)n3cc(Br)ccc3n2)cc1. The minimum Gasteiger partial charge on any atom is -0.459 e. The number of pyridine rings is 1. The van der Waals surface area contributed by atoms with E-state index in [4.69, 9.17) is 4.74 Å². The highest BCUT2D eigenvalue weighted by Crippen LogP contribution is 2.20. The van der Waals surface area contributed by atoms with Crippen LogP contribution in [0, 0.1) is 0 Å². The van der Waals surface area contributed by atoms with E-state index in [1.807, 2.05) is 12.1 Å². The van der Waals surface area contributed by atoms with E-state index in [1.54, 1.807) is 30.5 Å². The van der Waals surface area contributed by atoms with Crippen molar-refractivity contribution in [2.75, 3.05) is 11.1 Å². The summed E-state index contributed by atoms with van der Waals surface area (Å²) in [7, 11) is 0. The van der Waals surface area contributed by atoms with Crippen LogP contribution < -0.4 is 10.9 Å². The molecule has 1 N–H and O–H groups in total. The maximum atomic E-state index is 12.1. The Kier molecular flexibility index (Phi) is 6.48. The van der Waals surface area contributed by atoms with Gasteiger partial charge in [-0.2, -0.15) is 0 Å². The Morgan fingerprint density at radius 3 is 2.68 bits per heavy atom. The number of amides is 1. The number of nitrogens with one attached hydrogen (secondary N) is 1. The fraction of sp³-hybridized carbons (Fsp3) is 0.158. The summed E-state index contributed by atoms with van der Waals surface area (Å²) in [6.45, 7) is 1.37. The minimum atomic E-state index is -0.409. The van der Waals surface area contributed by atoms with Crippen LogP contribution in [0.3, 0.4) is 0 Å². The van der Waals surface area contributed by atoms with E-state index in [0.29, 0.717) is 17.0 Å². The molecule has 0 fully saturated rings. The van der Waals surface area contributed by atoms with Crippen LogP contribution in [-0.4, -0.2) is 27.0 Å². The molecule has 0 unspecified atom stereocenters. The second-order valence-electron chi connectivity index (χ2n) is 5.82. The van der Waals surface area contributed by atoms with Crippen molar-refractivity contribution in [2.45, 2.75) is 18.4 Å². The monoisotopic (exact) mass is 461 g/mol. The van der Waals surface area contributed by atoms with Crippen molar-refractivity contribution >= 4 is 50.9 Å². The third kappa shape index (κ3) is 5.43. The number of benzene rings is 1. The van der Waals surface area contributed by atoms with E-state index in [0.717, 1.165) is 9.37 Å². The standard InChI is InChI=1S/C19H16BrN3O4S/c1-12(24)21-14-3-5-16(6-4-14)28-11-19(26)27-10-15-8-18(25)23-9-13(20)2-7-17(23)22-15/h2-9H,10-11H2,1H3,(H,21,24). The topological polar surface area (TPSA) is 89.8 Å². The lowest BCUT2D eigenvalue weighted by atomic mass is 10.3. The lowest BCUT2D eigenvalue weighted by molar-refractivity contribution is -0.141. The van der Waals surface area contributed by atoms with Crippen molar-refractivity contribution in [1.29, 1.82) is 0 Å². The quantitative estimate of drug-likeness (QED) is 0.447. The number of esters is 1. The van der Waals surface area contributed by atoms with Crippen molar-refractivity contribution in [1.82, 2.24) is 9.38 Å². The number of thioether (sulfide) groups is 1. The van der Waals surface area contributed by atoms with Crippen LogP contribution in [0.2, 0.25) is 0 Å². The van der Waals surface area contributed by atoms with Gasteiger partial charge in [-0.3, -0.25) is 18.8 Å². The van der Waals surface area contributed by atoms with Gasteiger partial charge in [0.1, 0.15) is 12.3 Å². The van der Waals surface area contributed by atoms with Crippen LogP contribution in [0.1, 0.15) is 12.6 Å². The fourth-order valence-electron chi connectivity index (χ4n) is 2.38. The number of anilines is 1. The van der Waals surface area contributed by atoms with Gasteiger partial charge in [-0.05, 0) is 52.3 Å². The number of halogens is 1. The smallest absolute Gasteiger partial charge is 0.316 e. The van der Waals surface area contributed by atoms with Crippen molar-refractivity contribution in [3.05, 3.63) is 69.2 Å². The first kappa shape index (κ1) is 20.1. The molecule has 1 aromatic carbocycles. The van der Waals surface area contributed by atoms with E-state index in [2.05, 4.69) is 26.2 Å². The molecule has 9 heteroatoms. The first-order chi connectivity index (χ1) is 13.4. The molecule has 1 amide bonds. The Morgan fingerprint density at radius 1 is 1.21 bits per heavy atom. The van der Waals surface area contributed by atoms with Crippen molar-refractivity contribution in [3.63, 3.8) is 0 Å². The molecule has 0 aliphatic rings. The molecule has 0 bridgehead atoms. The molecule has 3 rings (SSSR count). The summed E-state index contributed by atoms with van der Waals surface area (Å²) in [5.41, 5.74) is 1.33. The zero-order valence-corrected chi connectivity index (χ0v) is 17.2. The van der Waals surface area contributed by atoms with Gasteiger partial charge in [0.15, 0.2) is 0 Å². The second kappa shape index (κ2) is 9.03. The van der Waals surface area contributed by atoms with Crippen molar-refractivity contribution < 1.29 is 14.3 Å². The van der Waals surface area contributed by atoms with Gasteiger partial charge < -0.3 is 10.1 Å². The molecule has 7 nitrogen and oxygen atoms in total. The predicted octanol–water partition coefficient (Wildman–Crippen LogP) is 3.25. The molecular formula is C19H16BrN3O4S. The zero-order chi connectivity index (χ0) is 20.1. The molecule has 0 saturated heterocycles. The normalized spacial score (nSPS) is 10.6. The molecule has 2 heterocycles. The molecule has 0 radical (unpaired) electrons. The third-order valence-corrected chi connectivity index (χ3v) is 5.04. The van der Waals surface area contributed by atoms with Crippen molar-refractivity contribution in [2.24, 2.45) is 0 Å². The van der Waals surface area contributed by atoms with E-state index in [1.165, 1.54) is 29.2 Å². The molecule has 0 spiro atoms. The third-order valence-electron chi connectivity index (χ3n) is 3.59. The second-order valence-corrected chi connectivity index (χ2v) is 7.78. The lowest BCUT2D eigenvalue weighted by Gasteiger charge is -2.07. The number of ether oxygens (including phenoxy) is 1. The number of carbonyl (C=O) groups excluding carboxylic acids is 2. The highest BCUT2D eigenvalue weighted by molar-refractivity contribution is 9.10. The van der Waals surface area contributed by atoms with Gasteiger partial charge in [0, 0.05) is 34.2 Å². The number of fused-ring (bicyclic) bond motifs is 1. The predicted molar refractivity (Wildman–Crippen MR) is 110 cm³/mol. The zero-order valence-electron chi connectivity index (χ0n) is 14.8. The van der Waals surface area contributed by atoms with E-state index < -0.39 is 5.97 Å². The molecular weight excluding hydrogens is 446 g/mol. The Hall–Kier alpha value is -2.65. The largest absolute Gasteiger partial charge is 0.459 e.